The standard InChI is InChI=1S/C14H10FNO3/c15-11-7-3-1-5-9(11)13(18)16-14(19)10-6-2-4-8-12(10)17/h1-8,17H,(H,16,18,19). The number of benzene rings is 2. The van der Waals surface area contributed by atoms with Crippen LogP contribution in [-0.4, -0.2) is 16.9 Å². The Morgan fingerprint density at radius 1 is 0.895 bits per heavy atom. The molecule has 0 fully saturated rings. The molecular weight excluding hydrogens is 249 g/mol. The van der Waals surface area contributed by atoms with Crippen LogP contribution >= 0.6 is 0 Å². The molecule has 2 rings (SSSR count). The molecular formula is C14H10FNO3. The van der Waals surface area contributed by atoms with Crippen LogP contribution in [0.4, 0.5) is 4.39 Å². The Hall–Kier alpha value is -2.69. The van der Waals surface area contributed by atoms with Gasteiger partial charge < -0.3 is 5.11 Å². The number of nitrogens with one attached hydrogen (secondary N) is 1. The van der Waals surface area contributed by atoms with Gasteiger partial charge in [0.05, 0.1) is 11.1 Å². The van der Waals surface area contributed by atoms with E-state index in [0.717, 1.165) is 6.07 Å². The van der Waals surface area contributed by atoms with Crippen molar-refractivity contribution in [2.24, 2.45) is 0 Å². The maximum absolute atomic E-state index is 13.4. The Kier molecular flexibility index (Phi) is 3.56. The van der Waals surface area contributed by atoms with Gasteiger partial charge in [0.25, 0.3) is 11.8 Å². The van der Waals surface area contributed by atoms with Crippen LogP contribution in [0.25, 0.3) is 0 Å². The van der Waals surface area contributed by atoms with Crippen LogP contribution in [0.15, 0.2) is 48.5 Å². The molecule has 2 aromatic carbocycles. The molecule has 4 nitrogen and oxygen atoms in total. The van der Waals surface area contributed by atoms with Gasteiger partial charge in [0.1, 0.15) is 11.6 Å². The highest BCUT2D eigenvalue weighted by atomic mass is 19.1. The number of hydrogen-bond donors (Lipinski definition) is 2. The topological polar surface area (TPSA) is 66.4 Å². The molecule has 2 amide bonds. The number of amides is 2. The molecule has 0 radical (unpaired) electrons. The number of phenolic OH excluding ortho intramolecular Hbond substituents is 1. The normalized spacial score (nSPS) is 9.95. The van der Waals surface area contributed by atoms with Gasteiger partial charge in [-0.2, -0.15) is 0 Å². The number of para-hydroxylation sites is 1. The fraction of sp³-hybridized carbons (Fsp3) is 0. The molecule has 2 N–H and O–H groups in total. The molecule has 0 heterocycles. The summed E-state index contributed by atoms with van der Waals surface area (Å²) >= 11 is 0. The smallest absolute Gasteiger partial charge is 0.261 e. The minimum Gasteiger partial charge on any atom is -0.507 e. The minimum absolute atomic E-state index is 0.0489. The predicted molar refractivity (Wildman–Crippen MR) is 66.3 cm³/mol. The molecule has 0 aliphatic rings. The van der Waals surface area contributed by atoms with Crippen LogP contribution in [0.1, 0.15) is 20.7 Å². The molecule has 0 unspecified atom stereocenters. The lowest BCUT2D eigenvalue weighted by molar-refractivity contribution is 0.0846. The first-order valence-electron chi connectivity index (χ1n) is 5.48. The van der Waals surface area contributed by atoms with Gasteiger partial charge in [-0.15, -0.1) is 0 Å². The number of hydrogen-bond acceptors (Lipinski definition) is 3. The number of halogens is 1. The van der Waals surface area contributed by atoms with Crippen molar-refractivity contribution in [2.75, 3.05) is 0 Å². The van der Waals surface area contributed by atoms with E-state index in [0.29, 0.717) is 0 Å². The van der Waals surface area contributed by atoms with Crippen molar-refractivity contribution < 1.29 is 19.1 Å². The summed E-state index contributed by atoms with van der Waals surface area (Å²) in [5, 5.41) is 11.5. The third kappa shape index (κ3) is 2.77. The second-order valence-corrected chi connectivity index (χ2v) is 3.78. The first-order chi connectivity index (χ1) is 9.09. The van der Waals surface area contributed by atoms with E-state index in [1.165, 1.54) is 30.3 Å². The van der Waals surface area contributed by atoms with E-state index in [9.17, 15) is 19.1 Å². The van der Waals surface area contributed by atoms with Gasteiger partial charge in [-0.25, -0.2) is 4.39 Å². The maximum atomic E-state index is 13.4. The van der Waals surface area contributed by atoms with Crippen molar-refractivity contribution in [1.29, 1.82) is 0 Å². The quantitative estimate of drug-likeness (QED) is 0.812. The van der Waals surface area contributed by atoms with E-state index >= 15 is 0 Å². The van der Waals surface area contributed by atoms with E-state index in [2.05, 4.69) is 0 Å². The van der Waals surface area contributed by atoms with E-state index in [1.807, 2.05) is 5.32 Å². The Bertz CT molecular complexity index is 585. The van der Waals surface area contributed by atoms with Gasteiger partial charge >= 0.3 is 0 Å². The summed E-state index contributed by atoms with van der Waals surface area (Å²) in [7, 11) is 0. The van der Waals surface area contributed by atoms with Crippen molar-refractivity contribution in [1.82, 2.24) is 5.32 Å². The number of rotatable bonds is 2. The van der Waals surface area contributed by atoms with Crippen molar-refractivity contribution in [3.8, 4) is 5.75 Å². The summed E-state index contributed by atoms with van der Waals surface area (Å²) in [5.74, 6) is -2.61. The zero-order valence-electron chi connectivity index (χ0n) is 9.76. The number of aromatic hydroxyl groups is 1. The molecule has 0 aromatic heterocycles. The first-order valence-corrected chi connectivity index (χ1v) is 5.48. The summed E-state index contributed by atoms with van der Waals surface area (Å²) in [6, 6.07) is 11.1. The van der Waals surface area contributed by atoms with Crippen molar-refractivity contribution in [2.45, 2.75) is 0 Å². The van der Waals surface area contributed by atoms with Gasteiger partial charge in [0.15, 0.2) is 0 Å². The molecule has 0 spiro atoms. The molecule has 19 heavy (non-hydrogen) atoms. The fourth-order valence-electron chi connectivity index (χ4n) is 1.55. The first kappa shape index (κ1) is 12.8. The van der Waals surface area contributed by atoms with Gasteiger partial charge in [-0.1, -0.05) is 24.3 Å². The third-order valence-electron chi connectivity index (χ3n) is 2.49. The molecule has 0 aliphatic carbocycles. The molecule has 0 saturated heterocycles. The fourth-order valence-corrected chi connectivity index (χ4v) is 1.55. The van der Waals surface area contributed by atoms with E-state index in [-0.39, 0.29) is 16.9 Å². The van der Waals surface area contributed by atoms with E-state index < -0.39 is 17.6 Å². The van der Waals surface area contributed by atoms with Crippen LogP contribution in [0.5, 0.6) is 5.75 Å². The second-order valence-electron chi connectivity index (χ2n) is 3.78. The second kappa shape index (κ2) is 5.30. The largest absolute Gasteiger partial charge is 0.507 e. The predicted octanol–water partition coefficient (Wildman–Crippen LogP) is 2.10. The Balaban J connectivity index is 2.19. The molecule has 2 aromatic rings. The van der Waals surface area contributed by atoms with Gasteiger partial charge in [-0.05, 0) is 24.3 Å². The average molecular weight is 259 g/mol. The van der Waals surface area contributed by atoms with Gasteiger partial charge in [0, 0.05) is 0 Å². The van der Waals surface area contributed by atoms with Gasteiger partial charge in [0.2, 0.25) is 0 Å². The van der Waals surface area contributed by atoms with E-state index in [4.69, 9.17) is 0 Å². The lowest BCUT2D eigenvalue weighted by Gasteiger charge is -2.06. The highest BCUT2D eigenvalue weighted by Gasteiger charge is 2.17. The maximum Gasteiger partial charge on any atom is 0.261 e. The monoisotopic (exact) mass is 259 g/mol. The minimum atomic E-state index is -0.855. The van der Waals surface area contributed by atoms with Crippen LogP contribution in [-0.2, 0) is 0 Å². The Morgan fingerprint density at radius 2 is 1.42 bits per heavy atom. The van der Waals surface area contributed by atoms with Crippen LogP contribution in [0.2, 0.25) is 0 Å². The number of phenols is 1. The van der Waals surface area contributed by atoms with Crippen LogP contribution in [0.3, 0.4) is 0 Å². The summed E-state index contributed by atoms with van der Waals surface area (Å²) in [6.45, 7) is 0. The number of imide groups is 1. The molecule has 0 aliphatic heterocycles. The Morgan fingerprint density at radius 3 is 2.05 bits per heavy atom. The summed E-state index contributed by atoms with van der Waals surface area (Å²) < 4.78 is 13.4. The zero-order chi connectivity index (χ0) is 13.8. The third-order valence-corrected chi connectivity index (χ3v) is 2.49. The lowest BCUT2D eigenvalue weighted by atomic mass is 10.1. The number of carbonyl (C=O) groups is 2. The summed E-state index contributed by atoms with van der Waals surface area (Å²) in [5.41, 5.74) is -0.279. The van der Waals surface area contributed by atoms with Crippen molar-refractivity contribution >= 4 is 11.8 Å². The highest BCUT2D eigenvalue weighted by molar-refractivity contribution is 6.11. The average Bonchev–Trinajstić information content (AvgIpc) is 2.39. The molecule has 0 atom stereocenters. The summed E-state index contributed by atoms with van der Waals surface area (Å²) in [4.78, 5) is 23.5. The summed E-state index contributed by atoms with van der Waals surface area (Å²) in [6.07, 6.45) is 0. The zero-order valence-corrected chi connectivity index (χ0v) is 9.76. The van der Waals surface area contributed by atoms with Gasteiger partial charge in [-0.3, -0.25) is 14.9 Å². The number of carbonyl (C=O) groups excluding carboxylic acids is 2. The molecule has 5 heteroatoms. The SMILES string of the molecule is O=C(NC(=O)c1ccccc1F)c1ccccc1O. The molecule has 0 saturated carbocycles. The Labute approximate surface area is 108 Å². The lowest BCUT2D eigenvalue weighted by Crippen LogP contribution is -2.31. The van der Waals surface area contributed by atoms with E-state index in [1.54, 1.807) is 12.1 Å². The van der Waals surface area contributed by atoms with Crippen LogP contribution < -0.4 is 5.32 Å². The van der Waals surface area contributed by atoms with Crippen molar-refractivity contribution in [3.63, 3.8) is 0 Å². The van der Waals surface area contributed by atoms with Crippen molar-refractivity contribution in [3.05, 3.63) is 65.5 Å². The highest BCUT2D eigenvalue weighted by Crippen LogP contribution is 2.15. The molecule has 96 valence electrons. The van der Waals surface area contributed by atoms with Crippen LogP contribution in [0, 0.1) is 5.82 Å². The molecule has 0 bridgehead atoms.